The predicted octanol–water partition coefficient (Wildman–Crippen LogP) is 5.20. The lowest BCUT2D eigenvalue weighted by Crippen LogP contribution is -2.54. The van der Waals surface area contributed by atoms with Crippen LogP contribution in [0.4, 0.5) is 10.1 Å². The third kappa shape index (κ3) is 8.42. The number of nitrogens with one attached hydrogen (secondary N) is 1. The Morgan fingerprint density at radius 3 is 2.00 bits per heavy atom. The van der Waals surface area contributed by atoms with Crippen molar-refractivity contribution in [3.63, 3.8) is 0 Å². The molecule has 2 amide bonds. The van der Waals surface area contributed by atoms with E-state index in [1.54, 1.807) is 30.3 Å². The fourth-order valence-electron chi connectivity index (χ4n) is 4.95. The topological polar surface area (TPSA) is 105 Å². The van der Waals surface area contributed by atoms with Crippen LogP contribution < -0.4 is 19.1 Å². The number of nitrogens with zero attached hydrogens (tertiary/aromatic N) is 2. The first-order valence-corrected chi connectivity index (χ1v) is 16.2. The molecule has 4 rings (SSSR count). The zero-order valence-corrected chi connectivity index (χ0v) is 27.0. The zero-order valence-electron chi connectivity index (χ0n) is 26.2. The molecule has 0 aliphatic carbocycles. The van der Waals surface area contributed by atoms with Crippen molar-refractivity contribution < 1.29 is 31.9 Å². The molecular weight excluding hydrogens is 609 g/mol. The SMILES string of the molecule is COc1ccc(S(=O)(=O)N(CC(=O)N(Cc2ccc(F)cc2)C(Cc2ccccc2)C(=O)NC(C)C)c2ccccc2)cc1OC. The fourth-order valence-corrected chi connectivity index (χ4v) is 6.38. The molecular formula is C35H38FN3O6S. The molecule has 0 spiro atoms. The minimum Gasteiger partial charge on any atom is -0.493 e. The van der Waals surface area contributed by atoms with E-state index in [-0.39, 0.29) is 35.3 Å². The number of rotatable bonds is 14. The number of carbonyl (C=O) groups excluding carboxylic acids is 2. The standard InChI is InChI=1S/C35H38FN3O6S/c1-25(2)37-35(41)31(21-26-11-7-5-8-12-26)38(23-27-15-17-28(36)18-16-27)34(40)24-39(29-13-9-6-10-14-29)46(42,43)30-19-20-32(44-3)33(22-30)45-4/h5-20,22,25,31H,21,23-24H2,1-4H3,(H,37,41). The van der Waals surface area contributed by atoms with Crippen LogP contribution in [-0.4, -0.2) is 58.0 Å². The van der Waals surface area contributed by atoms with Crippen molar-refractivity contribution >= 4 is 27.5 Å². The fraction of sp³-hybridized carbons (Fsp3) is 0.257. The number of carbonyl (C=O) groups is 2. The minimum atomic E-state index is -4.34. The summed E-state index contributed by atoms with van der Waals surface area (Å²) in [6.07, 6.45) is 0.167. The van der Waals surface area contributed by atoms with Crippen LogP contribution in [0.25, 0.3) is 0 Å². The summed E-state index contributed by atoms with van der Waals surface area (Å²) in [6.45, 7) is 2.94. The van der Waals surface area contributed by atoms with Gasteiger partial charge >= 0.3 is 0 Å². The quantitative estimate of drug-likeness (QED) is 0.202. The zero-order chi connectivity index (χ0) is 33.3. The van der Waals surface area contributed by atoms with Gasteiger partial charge in [-0.15, -0.1) is 0 Å². The summed E-state index contributed by atoms with van der Waals surface area (Å²) in [7, 11) is -1.50. The summed E-state index contributed by atoms with van der Waals surface area (Å²) in [5.74, 6) is -0.931. The molecule has 0 saturated carbocycles. The lowest BCUT2D eigenvalue weighted by Gasteiger charge is -2.34. The van der Waals surface area contributed by atoms with Crippen LogP contribution in [0, 0.1) is 5.82 Å². The van der Waals surface area contributed by atoms with Crippen LogP contribution in [0.5, 0.6) is 11.5 Å². The van der Waals surface area contributed by atoms with E-state index < -0.39 is 40.2 Å². The van der Waals surface area contributed by atoms with E-state index in [9.17, 15) is 22.4 Å². The van der Waals surface area contributed by atoms with Gasteiger partial charge in [-0.3, -0.25) is 13.9 Å². The van der Waals surface area contributed by atoms with Gasteiger partial charge < -0.3 is 19.7 Å². The van der Waals surface area contributed by atoms with Crippen LogP contribution in [-0.2, 0) is 32.6 Å². The number of amides is 2. The highest BCUT2D eigenvalue weighted by molar-refractivity contribution is 7.92. The van der Waals surface area contributed by atoms with Crippen molar-refractivity contribution in [2.24, 2.45) is 0 Å². The van der Waals surface area contributed by atoms with Gasteiger partial charge in [0.1, 0.15) is 18.4 Å². The lowest BCUT2D eigenvalue weighted by atomic mass is 10.0. The molecule has 0 aliphatic heterocycles. The van der Waals surface area contributed by atoms with E-state index in [0.29, 0.717) is 11.3 Å². The highest BCUT2D eigenvalue weighted by Crippen LogP contribution is 2.32. The lowest BCUT2D eigenvalue weighted by molar-refractivity contribution is -0.140. The molecule has 1 unspecified atom stereocenters. The second-order valence-corrected chi connectivity index (χ2v) is 12.7. The number of halogens is 1. The maximum atomic E-state index is 14.4. The third-order valence-corrected chi connectivity index (χ3v) is 9.00. The Morgan fingerprint density at radius 2 is 1.41 bits per heavy atom. The molecule has 0 aliphatic rings. The van der Waals surface area contributed by atoms with E-state index in [2.05, 4.69) is 5.32 Å². The van der Waals surface area contributed by atoms with E-state index in [0.717, 1.165) is 9.87 Å². The Labute approximate surface area is 269 Å². The molecule has 0 heterocycles. The molecule has 0 aromatic heterocycles. The Morgan fingerprint density at radius 1 is 0.804 bits per heavy atom. The molecule has 11 heteroatoms. The van der Waals surface area contributed by atoms with Gasteiger partial charge in [0.05, 0.1) is 24.8 Å². The molecule has 242 valence electrons. The summed E-state index contributed by atoms with van der Waals surface area (Å²) in [4.78, 5) is 29.4. The van der Waals surface area contributed by atoms with Gasteiger partial charge in [-0.2, -0.15) is 0 Å². The Hall–Kier alpha value is -4.90. The van der Waals surface area contributed by atoms with Crippen LogP contribution in [0.15, 0.2) is 108 Å². The van der Waals surface area contributed by atoms with Gasteiger partial charge in [-0.05, 0) is 61.4 Å². The molecule has 0 saturated heterocycles. The third-order valence-electron chi connectivity index (χ3n) is 7.23. The van der Waals surface area contributed by atoms with Crippen molar-refractivity contribution in [1.29, 1.82) is 0 Å². The van der Waals surface area contributed by atoms with Crippen LogP contribution in [0.1, 0.15) is 25.0 Å². The molecule has 4 aromatic carbocycles. The van der Waals surface area contributed by atoms with Crippen molar-refractivity contribution in [1.82, 2.24) is 10.2 Å². The first-order valence-electron chi connectivity index (χ1n) is 14.7. The predicted molar refractivity (Wildman–Crippen MR) is 175 cm³/mol. The van der Waals surface area contributed by atoms with Crippen molar-refractivity contribution in [3.8, 4) is 11.5 Å². The largest absolute Gasteiger partial charge is 0.493 e. The van der Waals surface area contributed by atoms with E-state index in [4.69, 9.17) is 9.47 Å². The molecule has 46 heavy (non-hydrogen) atoms. The maximum Gasteiger partial charge on any atom is 0.264 e. The van der Waals surface area contributed by atoms with E-state index in [1.165, 1.54) is 61.6 Å². The van der Waals surface area contributed by atoms with Crippen molar-refractivity contribution in [2.75, 3.05) is 25.1 Å². The van der Waals surface area contributed by atoms with E-state index in [1.807, 2.05) is 44.2 Å². The monoisotopic (exact) mass is 647 g/mol. The number of hydrogen-bond donors (Lipinski definition) is 1. The molecule has 1 atom stereocenters. The first-order chi connectivity index (χ1) is 22.0. The van der Waals surface area contributed by atoms with Crippen molar-refractivity contribution in [3.05, 3.63) is 120 Å². The maximum absolute atomic E-state index is 14.4. The summed E-state index contributed by atoms with van der Waals surface area (Å²) < 4.78 is 53.9. The Bertz CT molecular complexity index is 1720. The molecule has 9 nitrogen and oxygen atoms in total. The van der Waals surface area contributed by atoms with Gasteiger partial charge in [-0.25, -0.2) is 12.8 Å². The van der Waals surface area contributed by atoms with Gasteiger partial charge in [-0.1, -0.05) is 60.7 Å². The summed E-state index contributed by atoms with van der Waals surface area (Å²) in [5, 5.41) is 2.91. The summed E-state index contributed by atoms with van der Waals surface area (Å²) in [6, 6.07) is 26.1. The number of benzene rings is 4. The van der Waals surface area contributed by atoms with E-state index >= 15 is 0 Å². The average Bonchev–Trinajstić information content (AvgIpc) is 3.06. The Kier molecular flexibility index (Phi) is 11.4. The number of methoxy groups -OCH3 is 2. The molecule has 0 bridgehead atoms. The minimum absolute atomic E-state index is 0.0683. The summed E-state index contributed by atoms with van der Waals surface area (Å²) >= 11 is 0. The van der Waals surface area contributed by atoms with Crippen LogP contribution >= 0.6 is 0 Å². The molecule has 0 radical (unpaired) electrons. The number of ether oxygens (including phenoxy) is 2. The smallest absolute Gasteiger partial charge is 0.264 e. The summed E-state index contributed by atoms with van der Waals surface area (Å²) in [5.41, 5.74) is 1.62. The first kappa shape index (κ1) is 34.0. The molecule has 4 aromatic rings. The highest BCUT2D eigenvalue weighted by Gasteiger charge is 2.35. The number of para-hydroxylation sites is 1. The molecule has 1 N–H and O–H groups in total. The molecule has 0 fully saturated rings. The highest BCUT2D eigenvalue weighted by atomic mass is 32.2. The number of anilines is 1. The second-order valence-electron chi connectivity index (χ2n) is 10.9. The van der Waals surface area contributed by atoms with Gasteiger partial charge in [0.15, 0.2) is 11.5 Å². The normalized spacial score (nSPS) is 11.9. The second kappa shape index (κ2) is 15.4. The number of hydrogen-bond acceptors (Lipinski definition) is 6. The van der Waals surface area contributed by atoms with Crippen molar-refractivity contribution in [2.45, 2.75) is 43.8 Å². The van der Waals surface area contributed by atoms with Gasteiger partial charge in [0.25, 0.3) is 10.0 Å². The van der Waals surface area contributed by atoms with Gasteiger partial charge in [0, 0.05) is 25.1 Å². The van der Waals surface area contributed by atoms with Gasteiger partial charge in [0.2, 0.25) is 11.8 Å². The average molecular weight is 648 g/mol. The van der Waals surface area contributed by atoms with Crippen LogP contribution in [0.2, 0.25) is 0 Å². The number of sulfonamides is 1. The van der Waals surface area contributed by atoms with Crippen LogP contribution in [0.3, 0.4) is 0 Å². The Balaban J connectivity index is 1.80.